The van der Waals surface area contributed by atoms with E-state index in [0.29, 0.717) is 13.2 Å². The first-order valence-corrected chi connectivity index (χ1v) is 9.10. The number of aromatic nitrogens is 6. The van der Waals surface area contributed by atoms with Gasteiger partial charge in [-0.15, -0.1) is 15.3 Å². The van der Waals surface area contributed by atoms with Crippen LogP contribution in [0.1, 0.15) is 23.3 Å². The van der Waals surface area contributed by atoms with Crippen LogP contribution in [-0.2, 0) is 11.3 Å². The number of alkyl halides is 3. The molecule has 1 atom stereocenters. The highest BCUT2D eigenvalue weighted by Gasteiger charge is 2.38. The highest BCUT2D eigenvalue weighted by Crippen LogP contribution is 2.32. The van der Waals surface area contributed by atoms with Crippen molar-refractivity contribution in [1.29, 1.82) is 0 Å². The molecule has 3 aromatic rings. The third-order valence-electron chi connectivity index (χ3n) is 4.37. The summed E-state index contributed by atoms with van der Waals surface area (Å²) < 4.78 is 51.8. The Kier molecular flexibility index (Phi) is 6.53. The van der Waals surface area contributed by atoms with E-state index in [2.05, 4.69) is 25.6 Å². The number of nitrogens with one attached hydrogen (secondary N) is 1. The number of pyridine rings is 1. The lowest BCUT2D eigenvalue weighted by Crippen LogP contribution is -2.24. The maximum absolute atomic E-state index is 13.1. The van der Waals surface area contributed by atoms with E-state index in [4.69, 9.17) is 9.47 Å². The van der Waals surface area contributed by atoms with Gasteiger partial charge in [0, 0.05) is 13.3 Å². The minimum Gasteiger partial charge on any atom is -0.479 e. The van der Waals surface area contributed by atoms with Gasteiger partial charge in [-0.05, 0) is 19.1 Å². The third-order valence-corrected chi connectivity index (χ3v) is 4.37. The lowest BCUT2D eigenvalue weighted by Gasteiger charge is -2.18. The van der Waals surface area contributed by atoms with E-state index in [9.17, 15) is 18.0 Å². The number of hydrogen-bond acceptors (Lipinski definition) is 7. The summed E-state index contributed by atoms with van der Waals surface area (Å²) in [7, 11) is 2.93. The lowest BCUT2D eigenvalue weighted by atomic mass is 10.2. The van der Waals surface area contributed by atoms with Gasteiger partial charge < -0.3 is 19.4 Å². The van der Waals surface area contributed by atoms with Crippen LogP contribution in [-0.4, -0.2) is 62.4 Å². The van der Waals surface area contributed by atoms with Crippen LogP contribution in [0.15, 0.2) is 30.7 Å². The fourth-order valence-corrected chi connectivity index (χ4v) is 2.69. The van der Waals surface area contributed by atoms with Crippen LogP contribution in [0, 0.1) is 0 Å². The second-order valence-electron chi connectivity index (χ2n) is 6.45. The standard InChI is InChI=1S/C18H20F3N7O3/c1-11(18(19,20)21)28-10-22-25-15(28)13-5-4-6-14(23-13)24-16(29)12-9-27(7-8-30-2)26-17(12)31-3/h4-6,9-11H,7-8H2,1-3H3,(H,23,24,29)/t11-/m0/s1. The summed E-state index contributed by atoms with van der Waals surface area (Å²) in [5.41, 5.74) is 0.286. The molecule has 0 saturated heterocycles. The molecule has 3 heterocycles. The third kappa shape index (κ3) is 4.99. The van der Waals surface area contributed by atoms with Gasteiger partial charge in [-0.1, -0.05) is 6.07 Å². The van der Waals surface area contributed by atoms with Crippen molar-refractivity contribution in [2.75, 3.05) is 26.1 Å². The topological polar surface area (TPSA) is 109 Å². The zero-order valence-corrected chi connectivity index (χ0v) is 16.9. The van der Waals surface area contributed by atoms with Crippen molar-refractivity contribution < 1.29 is 27.4 Å². The van der Waals surface area contributed by atoms with E-state index < -0.39 is 18.1 Å². The van der Waals surface area contributed by atoms with Crippen LogP contribution in [0.4, 0.5) is 19.0 Å². The molecule has 3 aromatic heterocycles. The SMILES string of the molecule is COCCn1cc(C(=O)Nc2cccc(-c3nncn3[C@@H](C)C(F)(F)F)n2)c(OC)n1. The number of amides is 1. The predicted molar refractivity (Wildman–Crippen MR) is 103 cm³/mol. The second kappa shape index (κ2) is 9.12. The van der Waals surface area contributed by atoms with Crippen LogP contribution in [0.3, 0.4) is 0 Å². The van der Waals surface area contributed by atoms with Gasteiger partial charge in [0.05, 0.1) is 20.3 Å². The maximum Gasteiger partial charge on any atom is 0.408 e. The smallest absolute Gasteiger partial charge is 0.408 e. The molecule has 0 fully saturated rings. The molecule has 13 heteroatoms. The Morgan fingerprint density at radius 3 is 2.74 bits per heavy atom. The summed E-state index contributed by atoms with van der Waals surface area (Å²) in [5.74, 6) is -0.395. The van der Waals surface area contributed by atoms with Gasteiger partial charge in [0.1, 0.15) is 29.4 Å². The molecule has 0 aliphatic rings. The van der Waals surface area contributed by atoms with Gasteiger partial charge in [0.15, 0.2) is 5.82 Å². The molecule has 0 aliphatic heterocycles. The minimum absolute atomic E-state index is 0.0779. The van der Waals surface area contributed by atoms with Gasteiger partial charge in [-0.25, -0.2) is 4.98 Å². The summed E-state index contributed by atoms with van der Waals surface area (Å²) in [6.07, 6.45) is -2.00. The number of hydrogen-bond donors (Lipinski definition) is 1. The molecular formula is C18H20F3N7O3. The van der Waals surface area contributed by atoms with Crippen molar-refractivity contribution in [3.8, 4) is 17.4 Å². The number of nitrogens with zero attached hydrogens (tertiary/aromatic N) is 6. The molecule has 3 rings (SSSR count). The van der Waals surface area contributed by atoms with E-state index in [-0.39, 0.29) is 28.8 Å². The molecule has 0 radical (unpaired) electrons. The van der Waals surface area contributed by atoms with Crippen molar-refractivity contribution in [2.24, 2.45) is 0 Å². The highest BCUT2D eigenvalue weighted by atomic mass is 19.4. The monoisotopic (exact) mass is 439 g/mol. The van der Waals surface area contributed by atoms with E-state index in [0.717, 1.165) is 17.8 Å². The molecule has 1 N–H and O–H groups in total. The fraction of sp³-hybridized carbons (Fsp3) is 0.389. The average Bonchev–Trinajstić information content (AvgIpc) is 3.38. The molecule has 10 nitrogen and oxygen atoms in total. The normalized spacial score (nSPS) is 12.6. The molecule has 31 heavy (non-hydrogen) atoms. The molecule has 0 bridgehead atoms. The lowest BCUT2D eigenvalue weighted by molar-refractivity contribution is -0.162. The van der Waals surface area contributed by atoms with Gasteiger partial charge in [0.25, 0.3) is 5.91 Å². The molecule has 0 unspecified atom stereocenters. The largest absolute Gasteiger partial charge is 0.479 e. The fourth-order valence-electron chi connectivity index (χ4n) is 2.69. The number of methoxy groups -OCH3 is 2. The maximum atomic E-state index is 13.1. The molecule has 166 valence electrons. The average molecular weight is 439 g/mol. The van der Waals surface area contributed by atoms with Gasteiger partial charge >= 0.3 is 6.18 Å². The van der Waals surface area contributed by atoms with Gasteiger partial charge in [-0.2, -0.15) is 13.2 Å². The summed E-state index contributed by atoms with van der Waals surface area (Å²) in [6, 6.07) is 2.66. The molecule has 0 spiro atoms. The molecule has 0 aliphatic carbocycles. The van der Waals surface area contributed by atoms with Gasteiger partial charge in [0.2, 0.25) is 5.88 Å². The van der Waals surface area contributed by atoms with Gasteiger partial charge in [-0.3, -0.25) is 9.48 Å². The highest BCUT2D eigenvalue weighted by molar-refractivity contribution is 6.05. The number of halogens is 3. The van der Waals surface area contributed by atoms with E-state index in [1.54, 1.807) is 7.11 Å². The first-order chi connectivity index (χ1) is 14.7. The Hall–Kier alpha value is -3.48. The first-order valence-electron chi connectivity index (χ1n) is 9.10. The van der Waals surface area contributed by atoms with E-state index >= 15 is 0 Å². The summed E-state index contributed by atoms with van der Waals surface area (Å²) in [5, 5.41) is 14.1. The van der Waals surface area contributed by atoms with E-state index in [1.807, 2.05) is 0 Å². The Bertz CT molecular complexity index is 1050. The summed E-state index contributed by atoms with van der Waals surface area (Å²) in [6.45, 7) is 1.81. The van der Waals surface area contributed by atoms with Crippen LogP contribution in [0.5, 0.6) is 5.88 Å². The van der Waals surface area contributed by atoms with Crippen molar-refractivity contribution in [2.45, 2.75) is 25.7 Å². The number of carbonyl (C=O) groups excluding carboxylic acids is 1. The Morgan fingerprint density at radius 1 is 1.29 bits per heavy atom. The van der Waals surface area contributed by atoms with E-state index in [1.165, 1.54) is 36.2 Å². The van der Waals surface area contributed by atoms with Crippen molar-refractivity contribution in [3.05, 3.63) is 36.3 Å². The quantitative estimate of drug-likeness (QED) is 0.575. The zero-order chi connectivity index (χ0) is 22.6. The summed E-state index contributed by atoms with van der Waals surface area (Å²) >= 11 is 0. The van der Waals surface area contributed by atoms with Crippen molar-refractivity contribution >= 4 is 11.7 Å². The molecule has 1 amide bonds. The second-order valence-corrected chi connectivity index (χ2v) is 6.45. The number of rotatable bonds is 8. The summed E-state index contributed by atoms with van der Waals surface area (Å²) in [4.78, 5) is 16.9. The number of ether oxygens (including phenoxy) is 2. The number of anilines is 1. The van der Waals surface area contributed by atoms with Crippen LogP contribution in [0.25, 0.3) is 11.5 Å². The minimum atomic E-state index is -4.48. The van der Waals surface area contributed by atoms with Crippen LogP contribution in [0.2, 0.25) is 0 Å². The Balaban J connectivity index is 1.83. The first kappa shape index (κ1) is 22.2. The van der Waals surface area contributed by atoms with Crippen LogP contribution < -0.4 is 10.1 Å². The number of carbonyl (C=O) groups is 1. The molecule has 0 aromatic carbocycles. The molecular weight excluding hydrogens is 419 g/mol. The molecule has 0 saturated carbocycles. The Morgan fingerprint density at radius 2 is 2.06 bits per heavy atom. The van der Waals surface area contributed by atoms with Crippen molar-refractivity contribution in [1.82, 2.24) is 29.5 Å². The van der Waals surface area contributed by atoms with Crippen LogP contribution >= 0.6 is 0 Å². The van der Waals surface area contributed by atoms with Crippen molar-refractivity contribution in [3.63, 3.8) is 0 Å². The zero-order valence-electron chi connectivity index (χ0n) is 16.9. The predicted octanol–water partition coefficient (Wildman–Crippen LogP) is 2.57. The Labute approximate surface area is 175 Å².